The monoisotopic (exact) mass is 615 g/mol. The van der Waals surface area contributed by atoms with Crippen LogP contribution in [0.1, 0.15) is 63.9 Å². The van der Waals surface area contributed by atoms with Gasteiger partial charge in [-0.3, -0.25) is 19.2 Å². The van der Waals surface area contributed by atoms with Crippen LogP contribution in [0.15, 0.2) is 17.1 Å². The van der Waals surface area contributed by atoms with Crippen LogP contribution in [0.25, 0.3) is 10.9 Å². The van der Waals surface area contributed by atoms with E-state index in [0.29, 0.717) is 11.8 Å². The second-order valence-corrected chi connectivity index (χ2v) is 12.2. The Kier molecular flexibility index (Phi) is 9.97. The second kappa shape index (κ2) is 13.3. The molecular weight excluding hydrogens is 573 g/mol. The topological polar surface area (TPSA) is 153 Å². The van der Waals surface area contributed by atoms with E-state index in [-0.39, 0.29) is 77.8 Å². The number of amides is 2. The summed E-state index contributed by atoms with van der Waals surface area (Å²) < 4.78 is 28.3. The summed E-state index contributed by atoms with van der Waals surface area (Å²) in [4.78, 5) is 66.4. The quantitative estimate of drug-likeness (QED) is 0.286. The van der Waals surface area contributed by atoms with E-state index in [1.165, 1.54) is 13.3 Å². The highest BCUT2D eigenvalue weighted by Crippen LogP contribution is 2.44. The third-order valence-electron chi connectivity index (χ3n) is 8.32. The maximum atomic E-state index is 15.9. The van der Waals surface area contributed by atoms with Gasteiger partial charge in [0.05, 0.1) is 24.1 Å². The summed E-state index contributed by atoms with van der Waals surface area (Å²) in [6.07, 6.45) is 3.39. The molecule has 12 nitrogen and oxygen atoms in total. The Morgan fingerprint density at radius 2 is 1.84 bits per heavy atom. The Morgan fingerprint density at radius 1 is 1.16 bits per heavy atom. The number of pyridine rings is 1. The van der Waals surface area contributed by atoms with Gasteiger partial charge >= 0.3 is 5.97 Å². The predicted octanol–water partition coefficient (Wildman–Crippen LogP) is 2.00. The Labute approximate surface area is 255 Å². The Balaban J connectivity index is 1.67. The Hall–Kier alpha value is -4.00. The number of nitrogens with two attached hydrogens (primary N) is 1. The fourth-order valence-corrected chi connectivity index (χ4v) is 5.64. The molecule has 4 rings (SSSR count). The molecule has 0 bridgehead atoms. The molecule has 0 radical (unpaired) electrons. The predicted molar refractivity (Wildman–Crippen MR) is 162 cm³/mol. The van der Waals surface area contributed by atoms with E-state index in [1.54, 1.807) is 14.4 Å². The maximum absolute atomic E-state index is 15.9. The van der Waals surface area contributed by atoms with Gasteiger partial charge in [0.2, 0.25) is 17.2 Å². The van der Waals surface area contributed by atoms with Gasteiger partial charge in [-0.2, -0.15) is 0 Å². The lowest BCUT2D eigenvalue weighted by Gasteiger charge is -2.43. The van der Waals surface area contributed by atoms with Gasteiger partial charge in [0.15, 0.2) is 17.9 Å². The first-order chi connectivity index (χ1) is 20.8. The van der Waals surface area contributed by atoms with E-state index in [9.17, 15) is 24.0 Å². The lowest BCUT2D eigenvalue weighted by Crippen LogP contribution is -2.61. The number of fused-ring (bicyclic) bond motifs is 1. The minimum absolute atomic E-state index is 0.0247. The summed E-state index contributed by atoms with van der Waals surface area (Å²) in [7, 11) is 1.40. The van der Waals surface area contributed by atoms with Crippen molar-refractivity contribution in [3.63, 3.8) is 0 Å². The van der Waals surface area contributed by atoms with E-state index in [4.69, 9.17) is 15.2 Å². The van der Waals surface area contributed by atoms with Crippen LogP contribution in [0.2, 0.25) is 0 Å². The van der Waals surface area contributed by atoms with Crippen LogP contribution < -0.4 is 26.1 Å². The van der Waals surface area contributed by atoms with Gasteiger partial charge in [-0.1, -0.05) is 27.7 Å². The van der Waals surface area contributed by atoms with Crippen molar-refractivity contribution >= 4 is 40.7 Å². The fourth-order valence-electron chi connectivity index (χ4n) is 5.64. The van der Waals surface area contributed by atoms with Gasteiger partial charge in [-0.15, -0.1) is 0 Å². The molecule has 13 heteroatoms. The number of nitrogens with one attached hydrogen (secondary N) is 1. The van der Waals surface area contributed by atoms with Gasteiger partial charge in [-0.05, 0) is 37.7 Å². The van der Waals surface area contributed by atoms with Gasteiger partial charge in [0, 0.05) is 37.9 Å². The minimum atomic E-state index is -0.960. The number of piperazine rings is 1. The molecule has 1 saturated heterocycles. The van der Waals surface area contributed by atoms with Crippen LogP contribution in [0.5, 0.6) is 5.75 Å². The summed E-state index contributed by atoms with van der Waals surface area (Å²) in [5.41, 5.74) is 5.52. The van der Waals surface area contributed by atoms with Gasteiger partial charge in [0.25, 0.3) is 0 Å². The number of hydrogen-bond acceptors (Lipinski definition) is 9. The van der Waals surface area contributed by atoms with Crippen molar-refractivity contribution in [2.45, 2.75) is 71.6 Å². The number of halogens is 1. The summed E-state index contributed by atoms with van der Waals surface area (Å²) in [6.45, 7) is 9.52. The van der Waals surface area contributed by atoms with E-state index < -0.39 is 35.9 Å². The van der Waals surface area contributed by atoms with Crippen LogP contribution in [0.3, 0.4) is 0 Å². The van der Waals surface area contributed by atoms with Crippen LogP contribution in [0.4, 0.5) is 10.1 Å². The highest BCUT2D eigenvalue weighted by Gasteiger charge is 2.37. The zero-order valence-corrected chi connectivity index (χ0v) is 26.1. The van der Waals surface area contributed by atoms with Crippen LogP contribution in [-0.4, -0.2) is 85.0 Å². The Bertz CT molecular complexity index is 1500. The number of aromatic nitrogens is 1. The molecule has 3 atom stereocenters. The molecule has 1 aromatic heterocycles. The molecule has 1 aliphatic heterocycles. The molecule has 2 heterocycles. The molecule has 240 valence electrons. The average molecular weight is 616 g/mol. The molecule has 1 aromatic carbocycles. The van der Waals surface area contributed by atoms with Crippen LogP contribution in [0, 0.1) is 17.7 Å². The number of methoxy groups -OCH3 is 1. The van der Waals surface area contributed by atoms with Crippen molar-refractivity contribution < 1.29 is 33.0 Å². The van der Waals surface area contributed by atoms with Crippen molar-refractivity contribution in [2.24, 2.45) is 17.6 Å². The molecule has 1 aliphatic carbocycles. The maximum Gasteiger partial charge on any atom is 0.344 e. The molecule has 1 saturated carbocycles. The molecule has 0 spiro atoms. The number of carbonyl (C=O) groups is 4. The molecule has 44 heavy (non-hydrogen) atoms. The molecule has 3 unspecified atom stereocenters. The molecular formula is C31H42FN5O7. The van der Waals surface area contributed by atoms with Gasteiger partial charge in [-0.25, -0.2) is 9.18 Å². The number of aldehydes is 1. The first-order valence-electron chi connectivity index (χ1n) is 15.0. The van der Waals surface area contributed by atoms with Crippen molar-refractivity contribution in [1.82, 2.24) is 14.8 Å². The van der Waals surface area contributed by atoms with Crippen molar-refractivity contribution in [1.29, 1.82) is 0 Å². The lowest BCUT2D eigenvalue weighted by molar-refractivity contribution is -0.140. The lowest BCUT2D eigenvalue weighted by atomic mass is 9.98. The molecule has 3 N–H and O–H groups in total. The third kappa shape index (κ3) is 6.42. The number of ether oxygens (including phenoxy) is 2. The zero-order chi connectivity index (χ0) is 32.5. The number of esters is 1. The summed E-state index contributed by atoms with van der Waals surface area (Å²) in [5.74, 6) is -2.42. The van der Waals surface area contributed by atoms with Gasteiger partial charge in [0.1, 0.15) is 23.9 Å². The van der Waals surface area contributed by atoms with Crippen LogP contribution in [-0.2, 0) is 19.1 Å². The number of anilines is 1. The van der Waals surface area contributed by atoms with E-state index in [1.807, 2.05) is 34.6 Å². The van der Waals surface area contributed by atoms with E-state index in [0.717, 1.165) is 18.9 Å². The standard InChI is InChI=1S/C31H42FN5O7/c1-16(2)23(33)29(40)34-24(17(3)4)30(41)36-10-9-35(14-18(36)5)26-22(32)13-20-25(28(26)43-6)37(19-7-8-19)15-21(27(20)39)31(42)44-12-11-38/h11,13,15-19,23-24H,7-10,12,14,33H2,1-6H3,(H,34,40). The van der Waals surface area contributed by atoms with Crippen molar-refractivity contribution in [3.05, 3.63) is 33.9 Å². The summed E-state index contributed by atoms with van der Waals surface area (Å²) >= 11 is 0. The number of nitrogens with zero attached hydrogens (tertiary/aromatic N) is 3. The molecule has 2 amide bonds. The van der Waals surface area contributed by atoms with Crippen molar-refractivity contribution in [3.8, 4) is 5.75 Å². The largest absolute Gasteiger partial charge is 0.492 e. The first-order valence-corrected chi connectivity index (χ1v) is 15.0. The Morgan fingerprint density at radius 3 is 2.39 bits per heavy atom. The molecule has 2 aliphatic rings. The number of rotatable bonds is 11. The van der Waals surface area contributed by atoms with Crippen molar-refractivity contribution in [2.75, 3.05) is 38.3 Å². The number of hydrogen-bond donors (Lipinski definition) is 2. The highest BCUT2D eigenvalue weighted by molar-refractivity contribution is 5.98. The number of benzene rings is 1. The molecule has 2 fully saturated rings. The fraction of sp³-hybridized carbons (Fsp3) is 0.581. The first kappa shape index (κ1) is 32.9. The van der Waals surface area contributed by atoms with E-state index in [2.05, 4.69) is 5.32 Å². The van der Waals surface area contributed by atoms with Gasteiger partial charge < -0.3 is 34.9 Å². The zero-order valence-electron chi connectivity index (χ0n) is 26.1. The number of carbonyl (C=O) groups excluding carboxylic acids is 4. The SMILES string of the molecule is COc1c(N2CCN(C(=O)C(NC(=O)C(N)C(C)C)C(C)C)C(C)C2)c(F)cc2c(=O)c(C(=O)OCC=O)cn(C3CC3)c12. The smallest absolute Gasteiger partial charge is 0.344 e. The second-order valence-electron chi connectivity index (χ2n) is 12.2. The highest BCUT2D eigenvalue weighted by atomic mass is 19.1. The van der Waals surface area contributed by atoms with Crippen LogP contribution >= 0.6 is 0 Å². The normalized spacial score (nSPS) is 18.4. The van der Waals surface area contributed by atoms with E-state index >= 15 is 4.39 Å². The summed E-state index contributed by atoms with van der Waals surface area (Å²) in [6, 6.07) is -0.784. The average Bonchev–Trinajstić information content (AvgIpc) is 3.83. The summed E-state index contributed by atoms with van der Waals surface area (Å²) in [5, 5.41) is 2.79. The molecule has 2 aromatic rings. The minimum Gasteiger partial charge on any atom is -0.492 e. The third-order valence-corrected chi connectivity index (χ3v) is 8.32.